The molecule has 2 fully saturated rings. The zero-order valence-corrected chi connectivity index (χ0v) is 12.9. The van der Waals surface area contributed by atoms with Gasteiger partial charge >= 0.3 is 6.03 Å². The summed E-state index contributed by atoms with van der Waals surface area (Å²) in [5, 5.41) is 15.1. The second-order valence-corrected chi connectivity index (χ2v) is 6.13. The number of likely N-dealkylation sites (tertiary alicyclic amines) is 1. The largest absolute Gasteiger partial charge is 0.354 e. The number of benzene rings is 1. The SMILES string of the molecule is N#CC1(c2ccccc2)CCN(C(=O)N[C@H]2CCNC2=O)CC1. The van der Waals surface area contributed by atoms with E-state index in [0.717, 1.165) is 5.56 Å². The van der Waals surface area contributed by atoms with E-state index < -0.39 is 11.5 Å². The Labute approximate surface area is 135 Å². The average molecular weight is 312 g/mol. The minimum atomic E-state index is -0.525. The van der Waals surface area contributed by atoms with Crippen LogP contribution in [0.15, 0.2) is 30.3 Å². The van der Waals surface area contributed by atoms with Gasteiger partial charge in [0, 0.05) is 19.6 Å². The minimum Gasteiger partial charge on any atom is -0.354 e. The number of nitrogens with zero attached hydrogens (tertiary/aromatic N) is 2. The molecule has 6 nitrogen and oxygen atoms in total. The molecule has 6 heteroatoms. The maximum absolute atomic E-state index is 12.3. The number of nitrogens with one attached hydrogen (secondary N) is 2. The molecule has 2 saturated heterocycles. The summed E-state index contributed by atoms with van der Waals surface area (Å²) in [4.78, 5) is 25.5. The van der Waals surface area contributed by atoms with E-state index in [-0.39, 0.29) is 11.9 Å². The summed E-state index contributed by atoms with van der Waals surface area (Å²) < 4.78 is 0. The van der Waals surface area contributed by atoms with Crippen LogP contribution in [0.25, 0.3) is 0 Å². The van der Waals surface area contributed by atoms with Crippen molar-refractivity contribution in [1.29, 1.82) is 5.26 Å². The Kier molecular flexibility index (Phi) is 4.20. The number of carbonyl (C=O) groups excluding carboxylic acids is 2. The lowest BCUT2D eigenvalue weighted by molar-refractivity contribution is -0.120. The molecule has 0 aromatic heterocycles. The second-order valence-electron chi connectivity index (χ2n) is 6.13. The summed E-state index contributed by atoms with van der Waals surface area (Å²) in [6.45, 7) is 1.64. The van der Waals surface area contributed by atoms with Crippen LogP contribution in [0, 0.1) is 11.3 Å². The van der Waals surface area contributed by atoms with E-state index >= 15 is 0 Å². The van der Waals surface area contributed by atoms with Crippen molar-refractivity contribution in [3.63, 3.8) is 0 Å². The van der Waals surface area contributed by atoms with Gasteiger partial charge in [-0.1, -0.05) is 30.3 Å². The molecular weight excluding hydrogens is 292 g/mol. The predicted octanol–water partition coefficient (Wildman–Crippen LogP) is 1.14. The van der Waals surface area contributed by atoms with Crippen LogP contribution in [-0.4, -0.2) is 42.5 Å². The molecule has 1 atom stereocenters. The number of amides is 3. The van der Waals surface area contributed by atoms with Crippen molar-refractivity contribution in [2.45, 2.75) is 30.7 Å². The zero-order chi connectivity index (χ0) is 16.3. The molecule has 0 unspecified atom stereocenters. The summed E-state index contributed by atoms with van der Waals surface area (Å²) >= 11 is 0. The van der Waals surface area contributed by atoms with Crippen molar-refractivity contribution in [2.24, 2.45) is 0 Å². The Hall–Kier alpha value is -2.55. The fraction of sp³-hybridized carbons (Fsp3) is 0.471. The van der Waals surface area contributed by atoms with E-state index in [1.54, 1.807) is 4.90 Å². The zero-order valence-electron chi connectivity index (χ0n) is 12.9. The van der Waals surface area contributed by atoms with Crippen LogP contribution in [0.2, 0.25) is 0 Å². The number of nitriles is 1. The lowest BCUT2D eigenvalue weighted by Gasteiger charge is -2.37. The van der Waals surface area contributed by atoms with Crippen molar-refractivity contribution < 1.29 is 9.59 Å². The maximum Gasteiger partial charge on any atom is 0.318 e. The van der Waals surface area contributed by atoms with Crippen LogP contribution in [0.1, 0.15) is 24.8 Å². The minimum absolute atomic E-state index is 0.119. The third-order valence-corrected chi connectivity index (χ3v) is 4.79. The van der Waals surface area contributed by atoms with Crippen LogP contribution in [0.3, 0.4) is 0 Å². The Morgan fingerprint density at radius 1 is 1.30 bits per heavy atom. The molecule has 0 aliphatic carbocycles. The van der Waals surface area contributed by atoms with Gasteiger partial charge in [0.15, 0.2) is 0 Å². The Morgan fingerprint density at radius 2 is 2.00 bits per heavy atom. The summed E-state index contributed by atoms with van der Waals surface area (Å²) in [5.74, 6) is -0.119. The highest BCUT2D eigenvalue weighted by molar-refractivity contribution is 5.88. The molecular formula is C17H20N4O2. The maximum atomic E-state index is 12.3. The van der Waals surface area contributed by atoms with Crippen molar-refractivity contribution in [3.05, 3.63) is 35.9 Å². The quantitative estimate of drug-likeness (QED) is 0.859. The summed E-state index contributed by atoms with van der Waals surface area (Å²) in [6, 6.07) is 11.6. The van der Waals surface area contributed by atoms with Gasteiger partial charge in [0.1, 0.15) is 6.04 Å². The molecule has 0 saturated carbocycles. The number of hydrogen-bond donors (Lipinski definition) is 2. The number of hydrogen-bond acceptors (Lipinski definition) is 3. The number of rotatable bonds is 2. The number of carbonyl (C=O) groups is 2. The van der Waals surface area contributed by atoms with Crippen molar-refractivity contribution >= 4 is 11.9 Å². The highest BCUT2D eigenvalue weighted by atomic mass is 16.2. The first-order valence-electron chi connectivity index (χ1n) is 7.94. The van der Waals surface area contributed by atoms with Gasteiger partial charge in [0.05, 0.1) is 11.5 Å². The smallest absolute Gasteiger partial charge is 0.318 e. The fourth-order valence-electron chi connectivity index (χ4n) is 3.29. The highest BCUT2D eigenvalue weighted by Gasteiger charge is 2.38. The second kappa shape index (κ2) is 6.29. The molecule has 0 bridgehead atoms. The molecule has 2 N–H and O–H groups in total. The lowest BCUT2D eigenvalue weighted by atomic mass is 9.74. The molecule has 120 valence electrons. The van der Waals surface area contributed by atoms with Crippen LogP contribution >= 0.6 is 0 Å². The van der Waals surface area contributed by atoms with Crippen LogP contribution in [0.4, 0.5) is 4.79 Å². The van der Waals surface area contributed by atoms with Crippen LogP contribution in [0.5, 0.6) is 0 Å². The van der Waals surface area contributed by atoms with Crippen molar-refractivity contribution in [1.82, 2.24) is 15.5 Å². The summed E-state index contributed by atoms with van der Waals surface area (Å²) in [5.41, 5.74) is 0.487. The van der Waals surface area contributed by atoms with Crippen LogP contribution < -0.4 is 10.6 Å². The monoisotopic (exact) mass is 312 g/mol. The summed E-state index contributed by atoms with van der Waals surface area (Å²) in [7, 11) is 0. The van der Waals surface area contributed by atoms with Crippen molar-refractivity contribution in [3.8, 4) is 6.07 Å². The predicted molar refractivity (Wildman–Crippen MR) is 84.5 cm³/mol. The molecule has 2 aliphatic rings. The van der Waals surface area contributed by atoms with E-state index in [1.165, 1.54) is 0 Å². The number of piperidine rings is 1. The third-order valence-electron chi connectivity index (χ3n) is 4.79. The van der Waals surface area contributed by atoms with Gasteiger partial charge in [0.2, 0.25) is 5.91 Å². The highest BCUT2D eigenvalue weighted by Crippen LogP contribution is 2.34. The molecule has 1 aromatic carbocycles. The van der Waals surface area contributed by atoms with E-state index in [1.807, 2.05) is 30.3 Å². The van der Waals surface area contributed by atoms with Gasteiger partial charge in [-0.2, -0.15) is 5.26 Å². The topological polar surface area (TPSA) is 85.2 Å². The molecule has 2 heterocycles. The molecule has 1 aromatic rings. The fourth-order valence-corrected chi connectivity index (χ4v) is 3.29. The van der Waals surface area contributed by atoms with Gasteiger partial charge in [-0.15, -0.1) is 0 Å². The first kappa shape index (κ1) is 15.3. The Bertz CT molecular complexity index is 630. The molecule has 0 spiro atoms. The lowest BCUT2D eigenvalue weighted by Crippen LogP contribution is -2.52. The van der Waals surface area contributed by atoms with Crippen molar-refractivity contribution in [2.75, 3.05) is 19.6 Å². The Morgan fingerprint density at radius 3 is 2.57 bits per heavy atom. The molecule has 3 amide bonds. The van der Waals surface area contributed by atoms with Gasteiger partial charge < -0.3 is 15.5 Å². The van der Waals surface area contributed by atoms with Gasteiger partial charge in [-0.3, -0.25) is 4.79 Å². The number of urea groups is 1. The van der Waals surface area contributed by atoms with E-state index in [4.69, 9.17) is 0 Å². The van der Waals surface area contributed by atoms with Gasteiger partial charge in [-0.25, -0.2) is 4.79 Å². The molecule has 23 heavy (non-hydrogen) atoms. The van der Waals surface area contributed by atoms with Gasteiger partial charge in [0.25, 0.3) is 0 Å². The molecule has 2 aliphatic heterocycles. The van der Waals surface area contributed by atoms with Gasteiger partial charge in [-0.05, 0) is 24.8 Å². The first-order valence-corrected chi connectivity index (χ1v) is 7.94. The summed E-state index contributed by atoms with van der Waals surface area (Å²) in [6.07, 6.45) is 1.85. The normalized spacial score (nSPS) is 23.0. The van der Waals surface area contributed by atoms with E-state index in [0.29, 0.717) is 38.9 Å². The van der Waals surface area contributed by atoms with E-state index in [9.17, 15) is 14.9 Å². The van der Waals surface area contributed by atoms with E-state index in [2.05, 4.69) is 16.7 Å². The Balaban J connectivity index is 1.62. The average Bonchev–Trinajstić information content (AvgIpc) is 3.00. The third kappa shape index (κ3) is 3.00. The van der Waals surface area contributed by atoms with Crippen LogP contribution in [-0.2, 0) is 10.2 Å². The molecule has 3 rings (SSSR count). The first-order chi connectivity index (χ1) is 11.1. The molecule has 0 radical (unpaired) electrons. The standard InChI is InChI=1S/C17H20N4O2/c18-12-17(13-4-2-1-3-5-13)7-10-21(11-8-17)16(23)20-14-6-9-19-15(14)22/h1-5,14H,6-11H2,(H,19,22)(H,20,23)/t14-/m0/s1.